The maximum absolute atomic E-state index is 14.9. The predicted molar refractivity (Wildman–Crippen MR) is 477 cm³/mol. The van der Waals surface area contributed by atoms with E-state index >= 15 is 0 Å². The Labute approximate surface area is 737 Å². The van der Waals surface area contributed by atoms with Crippen molar-refractivity contribution in [2.75, 3.05) is 95.7 Å². The number of aromatic nitrogens is 1. The van der Waals surface area contributed by atoms with E-state index in [9.17, 15) is 79.5 Å². The highest BCUT2D eigenvalue weighted by molar-refractivity contribution is 6.25. The number of aliphatic hydroxyl groups excluding tert-OH is 4. The summed E-state index contributed by atoms with van der Waals surface area (Å²) >= 11 is 0. The molecule has 127 heavy (non-hydrogen) atoms. The van der Waals surface area contributed by atoms with Gasteiger partial charge in [0.05, 0.1) is 88.5 Å². The molecular formula is C94H122N8O25. The van der Waals surface area contributed by atoms with E-state index in [4.69, 9.17) is 47.3 Å². The third kappa shape index (κ3) is 19.5. The van der Waals surface area contributed by atoms with E-state index in [1.54, 1.807) is 96.8 Å². The van der Waals surface area contributed by atoms with E-state index in [1.165, 1.54) is 113 Å². The van der Waals surface area contributed by atoms with E-state index in [2.05, 4.69) is 44.3 Å². The number of carbonyl (C=O) groups excluding carboxylic acids is 6. The van der Waals surface area contributed by atoms with Crippen LogP contribution in [0.1, 0.15) is 148 Å². The number of allylic oxidation sites excluding steroid dienone is 4. The Balaban J connectivity index is 0.000000249. The molecule has 13 rings (SSSR count). The van der Waals surface area contributed by atoms with Crippen molar-refractivity contribution in [1.29, 1.82) is 0 Å². The molecule has 9 bridgehead atoms. The molecule has 33 heteroatoms. The molecule has 4 aromatic rings. The van der Waals surface area contributed by atoms with Crippen LogP contribution < -0.4 is 30.4 Å². The number of fused-ring (bicyclic) bond motifs is 16. The van der Waals surface area contributed by atoms with Gasteiger partial charge in [0, 0.05) is 199 Å². The second-order valence-corrected chi connectivity index (χ2v) is 35.3. The Bertz CT molecular complexity index is 5460. The van der Waals surface area contributed by atoms with Crippen LogP contribution in [0.2, 0.25) is 0 Å². The number of ether oxygens (including phenoxy) is 8. The number of esters is 2. The van der Waals surface area contributed by atoms with Crippen molar-refractivity contribution < 1.29 is 117 Å². The van der Waals surface area contributed by atoms with Crippen LogP contribution in [0.5, 0.6) is 40.2 Å². The molecule has 2 fully saturated rings. The quantitative estimate of drug-likeness (QED) is 0.0160. The summed E-state index contributed by atoms with van der Waals surface area (Å²) in [7, 11) is 4.86. The number of hydrogen-bond acceptors (Lipinski definition) is 31. The largest absolute Gasteiger partial charge is 0.507 e. The smallest absolute Gasteiger partial charge is 0.312 e. The molecule has 9 aliphatic rings. The van der Waals surface area contributed by atoms with Crippen LogP contribution in [0.4, 0.5) is 17.1 Å². The van der Waals surface area contributed by atoms with Gasteiger partial charge in [-0.3, -0.25) is 43.5 Å². The predicted octanol–water partition coefficient (Wildman–Crippen LogP) is 10.8. The number of nitrogens with one attached hydrogen (secondary N) is 2. The summed E-state index contributed by atoms with van der Waals surface area (Å²) < 4.78 is 54.0. The lowest BCUT2D eigenvalue weighted by molar-refractivity contribution is -0.161. The van der Waals surface area contributed by atoms with Gasteiger partial charge in [-0.25, -0.2) is 4.98 Å². The van der Waals surface area contributed by atoms with Crippen LogP contribution in [-0.2, 0) is 47.6 Å². The van der Waals surface area contributed by atoms with Gasteiger partial charge < -0.3 is 109 Å². The van der Waals surface area contributed by atoms with Gasteiger partial charge in [0.2, 0.25) is 5.43 Å². The van der Waals surface area contributed by atoms with E-state index in [1.807, 2.05) is 7.05 Å². The molecule has 2 saturated heterocycles. The monoisotopic (exact) mass is 1760 g/mol. The summed E-state index contributed by atoms with van der Waals surface area (Å²) in [5.41, 5.74) is -0.993. The van der Waals surface area contributed by atoms with Gasteiger partial charge in [0.15, 0.2) is 17.1 Å². The Morgan fingerprint density at radius 2 is 1.05 bits per heavy atom. The Morgan fingerprint density at radius 3 is 1.51 bits per heavy atom. The van der Waals surface area contributed by atoms with Gasteiger partial charge >= 0.3 is 23.5 Å². The summed E-state index contributed by atoms with van der Waals surface area (Å²) in [4.78, 5) is 108. The molecule has 1 aliphatic carbocycles. The number of Topliss-reactive ketones (excluding diaryl/α,β-unsaturated/α-hetero) is 2. The van der Waals surface area contributed by atoms with Crippen LogP contribution in [0.25, 0.3) is 44.1 Å². The van der Waals surface area contributed by atoms with E-state index in [0.717, 1.165) is 32.7 Å². The number of ketones is 2. The number of amides is 2. The second-order valence-electron chi connectivity index (χ2n) is 35.3. The molecule has 0 aromatic heterocycles. The number of anilines is 3. The lowest BCUT2D eigenvalue weighted by Crippen LogP contribution is -2.47. The van der Waals surface area contributed by atoms with Crippen LogP contribution in [0, 0.1) is 67.1 Å². The van der Waals surface area contributed by atoms with Crippen molar-refractivity contribution in [2.45, 2.75) is 185 Å². The number of benzene rings is 5. The first-order chi connectivity index (χ1) is 59.8. The van der Waals surface area contributed by atoms with Gasteiger partial charge in [0.1, 0.15) is 63.6 Å². The molecule has 4 aromatic carbocycles. The first-order valence-corrected chi connectivity index (χ1v) is 43.0. The molecule has 8 heterocycles. The molecule has 0 unspecified atom stereocenters. The van der Waals surface area contributed by atoms with Crippen molar-refractivity contribution in [2.24, 2.45) is 58.4 Å². The van der Waals surface area contributed by atoms with Crippen molar-refractivity contribution >= 4 is 91.2 Å². The highest BCUT2D eigenvalue weighted by Gasteiger charge is 2.53. The third-order valence-electron chi connectivity index (χ3n) is 25.6. The fourth-order valence-electron chi connectivity index (χ4n) is 17.7. The first kappa shape index (κ1) is 96.5. The topological polar surface area (TPSA) is 451 Å². The Morgan fingerprint density at radius 1 is 0.583 bits per heavy atom. The molecular weight excluding hydrogens is 1640 g/mol. The van der Waals surface area contributed by atoms with Crippen molar-refractivity contribution in [3.63, 3.8) is 0 Å². The van der Waals surface area contributed by atoms with E-state index < -0.39 is 171 Å². The zero-order valence-electron chi connectivity index (χ0n) is 75.9. The van der Waals surface area contributed by atoms with Crippen molar-refractivity contribution in [1.82, 2.24) is 19.8 Å². The summed E-state index contributed by atoms with van der Waals surface area (Å²) in [5.74, 6) is -15.7. The highest BCUT2D eigenvalue weighted by Crippen LogP contribution is 2.56. The first-order valence-electron chi connectivity index (χ1n) is 43.0. The number of phenols is 5. The maximum Gasteiger partial charge on any atom is 0.312 e. The standard InChI is InChI=1S/C51H64N4O13.C43H58N4O12/c1-24(2)23-54-16-18-55(19-17-54)32-21-33(57)39-35(22-32)67-48-40(52-39)36-37-44(60)30(8)47-38(36)49(62)51(10,68-47)65-20-15-34(64-11)27(5)46(66-31(9)56)29(7)43(59)28(6)42(58)25(3)13-12-14-26(4)50(63)53-41(48)45(37)61;1-21-12-11-13-22(2)42(55)45-33-28(20-44-47-17-15-46(9)16-18-47)37(52)30-31(38(33)53)36(51)26(6)40-32(30)41(54)43(8,59-40)57-19-14-29(56-10)23(3)39(58-27(7)48)25(5)35(50)24(4)34(21)49/h12-15,20-22,24-25,27-29,34,42-43,46,57-60H,16-19,23H2,1-11H3,(H,53,63);11-14,19-21,23-25,29,34-35,39,49-53H,15-18H2,1-10H3,(H,45,55)/b13-12+,20-15+,26-14-;12-11+,19-14+,22-13-,44-20+/t25-,27+,28+,29+,34-,42-,43+,46+,51-;21-,23+,24+,25+,29-,34-,35+,39+,43-/m00/s1. The molecule has 33 nitrogen and oxygen atoms in total. The molecule has 0 radical (unpaired) electrons. The molecule has 688 valence electrons. The maximum atomic E-state index is 14.9. The lowest BCUT2D eigenvalue weighted by Gasteiger charge is -2.38. The molecule has 11 N–H and O–H groups in total. The van der Waals surface area contributed by atoms with Gasteiger partial charge in [-0.15, -0.1) is 0 Å². The van der Waals surface area contributed by atoms with Gasteiger partial charge in [0.25, 0.3) is 23.4 Å². The van der Waals surface area contributed by atoms with Crippen LogP contribution in [0.15, 0.2) is 98.7 Å². The number of phenolic OH excluding ortho intramolecular Hbond substituents is 5. The average Bonchev–Trinajstić information content (AvgIpc) is 1.63. The number of hydrazone groups is 1. The highest BCUT2D eigenvalue weighted by atomic mass is 16.7. The van der Waals surface area contributed by atoms with Gasteiger partial charge in [-0.05, 0) is 52.8 Å². The van der Waals surface area contributed by atoms with Crippen LogP contribution >= 0.6 is 0 Å². The second kappa shape index (κ2) is 39.2. The molecule has 0 saturated carbocycles. The number of likely N-dealkylation sites (N-methyl/N-ethyl adjacent to an activating group) is 1. The zero-order chi connectivity index (χ0) is 93.3. The van der Waals surface area contributed by atoms with Crippen molar-refractivity contribution in [3.8, 4) is 51.7 Å². The normalized spacial score (nSPS) is 30.7. The molecule has 18 atom stereocenters. The molecule has 8 aliphatic heterocycles. The number of nitrogens with zero attached hydrogens (tertiary/aromatic N) is 6. The number of hydrogen-bond donors (Lipinski definition) is 11. The zero-order valence-corrected chi connectivity index (χ0v) is 75.9. The van der Waals surface area contributed by atoms with E-state index in [-0.39, 0.29) is 112 Å². The number of methoxy groups -OCH3 is 2. The number of aliphatic hydroxyl groups is 4. The fraction of sp³-hybridized carbons (Fsp3) is 0.521. The fourth-order valence-corrected chi connectivity index (χ4v) is 17.7. The Kier molecular flexibility index (Phi) is 29.8. The third-order valence-corrected chi connectivity index (χ3v) is 25.6. The van der Waals surface area contributed by atoms with Crippen LogP contribution in [-0.4, -0.2) is 248 Å². The number of piperazine rings is 2. The van der Waals surface area contributed by atoms with Crippen LogP contribution in [0.3, 0.4) is 0 Å². The number of rotatable bonds is 9. The SMILES string of the molecule is CO[C@H]1/C=C/O[C@@]2(C)Oc3c(C)c(O)c4c(=O)c(c5oc6cc(N7CCN(CC(C)C)CC7)cc(O)c6nc-5c4c3C2=O)NC(=O)/C(C)=C\C=C\[C@H](C)[C@H](O)[C@@H](C)[C@@H](O)[C@@H](C)[C@H](OC(C)=O)[C@@H]1C.CO[C@H]1/C=C/O[C@@]2(C)Oc3c(C)c(O)c4c(O)c(c(/C=N/N5CCN(C)CC5)c(O)c4c3C2=O)NC(=O)/C(C)=C\C=C\[C@H](C)[C@H](O)[C@@H](C)[C@@H](O)[C@@H](C)[C@H](OC(C)=O)[C@@H]1C. The summed E-state index contributed by atoms with van der Waals surface area (Å²) in [5, 5.41) is 116. The summed E-state index contributed by atoms with van der Waals surface area (Å²) in [6.45, 7) is 35.9. The molecule has 2 amide bonds. The van der Waals surface area contributed by atoms with Gasteiger partial charge in [-0.1, -0.05) is 106 Å². The molecule has 0 spiro atoms. The lowest BCUT2D eigenvalue weighted by atomic mass is 9.78. The minimum absolute atomic E-state index is 0.00679. The Hall–Kier alpha value is -11.2. The van der Waals surface area contributed by atoms with E-state index in [0.29, 0.717) is 37.8 Å². The minimum Gasteiger partial charge on any atom is -0.507 e. The summed E-state index contributed by atoms with van der Waals surface area (Å²) in [6, 6.07) is 3.28. The summed E-state index contributed by atoms with van der Waals surface area (Å²) in [6.07, 6.45) is 8.35. The number of carbonyl (C=O) groups is 6. The van der Waals surface area contributed by atoms with Gasteiger partial charge in [-0.2, -0.15) is 5.10 Å². The minimum atomic E-state index is -2.08. The number of aromatic hydroxyl groups is 5. The average molecular weight is 1760 g/mol. The van der Waals surface area contributed by atoms with Crippen molar-refractivity contribution in [3.05, 3.63) is 122 Å².